The zero-order valence-electron chi connectivity index (χ0n) is 18.6. The quantitative estimate of drug-likeness (QED) is 0.278. The van der Waals surface area contributed by atoms with Crippen molar-refractivity contribution in [1.82, 2.24) is 4.98 Å². The molecule has 0 radical (unpaired) electrons. The van der Waals surface area contributed by atoms with E-state index in [4.69, 9.17) is 4.74 Å². The number of rotatable bonds is 6. The Morgan fingerprint density at radius 2 is 1.45 bits per heavy atom. The van der Waals surface area contributed by atoms with E-state index in [9.17, 15) is 5.11 Å². The molecule has 1 unspecified atom stereocenters. The predicted octanol–water partition coefficient (Wildman–Crippen LogP) is 6.85. The first-order valence-electron chi connectivity index (χ1n) is 10.8. The van der Waals surface area contributed by atoms with Gasteiger partial charge in [-0.25, -0.2) is 0 Å². The summed E-state index contributed by atoms with van der Waals surface area (Å²) in [5.74, 6) is 0.631. The molecule has 0 saturated carbocycles. The molecule has 0 amide bonds. The van der Waals surface area contributed by atoms with Gasteiger partial charge in [0.1, 0.15) is 5.75 Å². The molecule has 0 aliphatic carbocycles. The van der Waals surface area contributed by atoms with Crippen molar-refractivity contribution in [1.29, 1.82) is 0 Å². The number of fused-ring (bicyclic) bond motifs is 1. The molecule has 4 heteroatoms. The fourth-order valence-corrected chi connectivity index (χ4v) is 4.94. The first kappa shape index (κ1) is 21.4. The van der Waals surface area contributed by atoms with Crippen LogP contribution >= 0.6 is 11.8 Å². The van der Waals surface area contributed by atoms with E-state index in [1.165, 1.54) is 0 Å². The molecule has 0 saturated heterocycles. The highest BCUT2D eigenvalue weighted by Gasteiger charge is 2.40. The van der Waals surface area contributed by atoms with Crippen LogP contribution in [0.1, 0.15) is 16.8 Å². The number of benzene rings is 4. The molecule has 2 N–H and O–H groups in total. The van der Waals surface area contributed by atoms with Crippen LogP contribution in [0.2, 0.25) is 0 Å². The summed E-state index contributed by atoms with van der Waals surface area (Å²) < 4.78 is 5.72. The minimum Gasteiger partial charge on any atom is -0.496 e. The third-order valence-electron chi connectivity index (χ3n) is 6.13. The topological polar surface area (TPSA) is 45.2 Å². The van der Waals surface area contributed by atoms with Crippen LogP contribution in [-0.2, 0) is 5.60 Å². The molecule has 5 aromatic rings. The van der Waals surface area contributed by atoms with E-state index < -0.39 is 5.60 Å². The van der Waals surface area contributed by atoms with Crippen molar-refractivity contribution in [2.24, 2.45) is 0 Å². The van der Waals surface area contributed by atoms with Crippen LogP contribution in [0.4, 0.5) is 0 Å². The summed E-state index contributed by atoms with van der Waals surface area (Å²) in [5.41, 5.74) is 3.71. The van der Waals surface area contributed by atoms with Gasteiger partial charge in [0.2, 0.25) is 0 Å². The lowest BCUT2D eigenvalue weighted by atomic mass is 9.80. The summed E-state index contributed by atoms with van der Waals surface area (Å²) in [6, 6.07) is 34.2. The van der Waals surface area contributed by atoms with Crippen molar-refractivity contribution in [2.75, 3.05) is 13.4 Å². The maximum absolute atomic E-state index is 12.7. The van der Waals surface area contributed by atoms with Crippen molar-refractivity contribution in [2.45, 2.75) is 10.5 Å². The normalized spacial score (nSPS) is 13.1. The van der Waals surface area contributed by atoms with Gasteiger partial charge in [0.25, 0.3) is 0 Å². The summed E-state index contributed by atoms with van der Waals surface area (Å²) >= 11 is 1.68. The lowest BCUT2D eigenvalue weighted by Gasteiger charge is -2.31. The average Bonchev–Trinajstić information content (AvgIpc) is 3.29. The largest absolute Gasteiger partial charge is 0.496 e. The van der Waals surface area contributed by atoms with E-state index in [0.29, 0.717) is 11.3 Å². The Labute approximate surface area is 198 Å². The van der Waals surface area contributed by atoms with E-state index in [0.717, 1.165) is 38.2 Å². The Bertz CT molecular complexity index is 1390. The number of methoxy groups -OCH3 is 1. The maximum atomic E-state index is 12.7. The van der Waals surface area contributed by atoms with Gasteiger partial charge >= 0.3 is 0 Å². The molecule has 0 spiro atoms. The average molecular weight is 452 g/mol. The number of hydrogen-bond donors (Lipinski definition) is 2. The number of aliphatic hydroxyl groups is 1. The Morgan fingerprint density at radius 3 is 2.18 bits per heavy atom. The van der Waals surface area contributed by atoms with Gasteiger partial charge in [-0.2, -0.15) is 0 Å². The van der Waals surface area contributed by atoms with Crippen LogP contribution in [0.25, 0.3) is 22.0 Å². The number of nitrogens with one attached hydrogen (secondary N) is 1. The first-order chi connectivity index (χ1) is 16.2. The second kappa shape index (κ2) is 8.81. The van der Waals surface area contributed by atoms with Crippen molar-refractivity contribution >= 4 is 22.7 Å². The smallest absolute Gasteiger partial charge is 0.159 e. The van der Waals surface area contributed by atoms with Gasteiger partial charge in [-0.15, -0.1) is 11.8 Å². The maximum Gasteiger partial charge on any atom is 0.159 e. The molecule has 5 rings (SSSR count). The van der Waals surface area contributed by atoms with Crippen LogP contribution in [0.15, 0.2) is 108 Å². The SMILES string of the molecule is COc1ccccc1C(O)(c1ccc(SC)cc1)c1[nH]c2ccccc2c1-c1ccccc1. The summed E-state index contributed by atoms with van der Waals surface area (Å²) in [6.45, 7) is 0. The molecule has 164 valence electrons. The molecule has 4 aromatic carbocycles. The van der Waals surface area contributed by atoms with Crippen molar-refractivity contribution in [3.8, 4) is 16.9 Å². The second-order valence-electron chi connectivity index (χ2n) is 7.93. The number of thioether (sulfide) groups is 1. The van der Waals surface area contributed by atoms with Gasteiger partial charge < -0.3 is 14.8 Å². The molecule has 0 fully saturated rings. The molecule has 0 aliphatic heterocycles. The molecule has 3 nitrogen and oxygen atoms in total. The lowest BCUT2D eigenvalue weighted by molar-refractivity contribution is 0.118. The monoisotopic (exact) mass is 451 g/mol. The Morgan fingerprint density at radius 1 is 0.788 bits per heavy atom. The number of ether oxygens (including phenoxy) is 1. The van der Waals surface area contributed by atoms with E-state index in [1.807, 2.05) is 91.2 Å². The van der Waals surface area contributed by atoms with Crippen LogP contribution in [0, 0.1) is 0 Å². The number of hydrogen-bond acceptors (Lipinski definition) is 3. The number of para-hydroxylation sites is 2. The number of H-pyrrole nitrogens is 1. The fraction of sp³-hybridized carbons (Fsp3) is 0.103. The summed E-state index contributed by atoms with van der Waals surface area (Å²) in [7, 11) is 1.64. The van der Waals surface area contributed by atoms with Gasteiger partial charge in [0, 0.05) is 26.9 Å². The van der Waals surface area contributed by atoms with Crippen molar-refractivity contribution < 1.29 is 9.84 Å². The Balaban J connectivity index is 1.89. The Kier molecular flexibility index (Phi) is 5.71. The summed E-state index contributed by atoms with van der Waals surface area (Å²) in [5, 5.41) is 13.8. The molecular formula is C29H25NO2S. The second-order valence-corrected chi connectivity index (χ2v) is 8.81. The Hall–Kier alpha value is -3.47. The molecule has 1 heterocycles. The van der Waals surface area contributed by atoms with Gasteiger partial charge in [-0.3, -0.25) is 0 Å². The van der Waals surface area contributed by atoms with Crippen LogP contribution < -0.4 is 4.74 Å². The van der Waals surface area contributed by atoms with E-state index in [1.54, 1.807) is 18.9 Å². The molecule has 0 bridgehead atoms. The minimum atomic E-state index is -1.46. The highest BCUT2D eigenvalue weighted by Crippen LogP contribution is 2.46. The van der Waals surface area contributed by atoms with Gasteiger partial charge in [0.15, 0.2) is 5.60 Å². The third kappa shape index (κ3) is 3.62. The molecule has 33 heavy (non-hydrogen) atoms. The van der Waals surface area contributed by atoms with E-state index in [2.05, 4.69) is 23.2 Å². The molecule has 1 atom stereocenters. The zero-order chi connectivity index (χ0) is 22.8. The lowest BCUT2D eigenvalue weighted by Crippen LogP contribution is -2.30. The van der Waals surface area contributed by atoms with Crippen LogP contribution in [0.5, 0.6) is 5.75 Å². The predicted molar refractivity (Wildman–Crippen MR) is 137 cm³/mol. The minimum absolute atomic E-state index is 0.631. The van der Waals surface area contributed by atoms with Crippen molar-refractivity contribution in [3.05, 3.63) is 120 Å². The van der Waals surface area contributed by atoms with Gasteiger partial charge in [-0.05, 0) is 41.6 Å². The number of aromatic amines is 1. The highest BCUT2D eigenvalue weighted by molar-refractivity contribution is 7.98. The van der Waals surface area contributed by atoms with E-state index >= 15 is 0 Å². The van der Waals surface area contributed by atoms with E-state index in [-0.39, 0.29) is 0 Å². The first-order valence-corrected chi connectivity index (χ1v) is 12.1. The van der Waals surface area contributed by atoms with Crippen LogP contribution in [0.3, 0.4) is 0 Å². The third-order valence-corrected chi connectivity index (χ3v) is 6.88. The zero-order valence-corrected chi connectivity index (χ0v) is 19.4. The standard InChI is InChI=1S/C29H25NO2S/c1-32-26-15-9-7-13-24(26)29(31,21-16-18-22(33-2)19-17-21)28-27(20-10-4-3-5-11-20)23-12-6-8-14-25(23)30-28/h3-19,30-31H,1-2H3. The summed E-state index contributed by atoms with van der Waals surface area (Å²) in [4.78, 5) is 4.71. The highest BCUT2D eigenvalue weighted by atomic mass is 32.2. The molecular weight excluding hydrogens is 426 g/mol. The van der Waals surface area contributed by atoms with Crippen LogP contribution in [-0.4, -0.2) is 23.5 Å². The number of aromatic nitrogens is 1. The van der Waals surface area contributed by atoms with Gasteiger partial charge in [0.05, 0.1) is 12.8 Å². The fourth-order valence-electron chi connectivity index (χ4n) is 4.53. The molecule has 0 aliphatic rings. The van der Waals surface area contributed by atoms with Gasteiger partial charge in [-0.1, -0.05) is 78.9 Å². The molecule has 1 aromatic heterocycles. The summed E-state index contributed by atoms with van der Waals surface area (Å²) in [6.07, 6.45) is 2.05. The van der Waals surface area contributed by atoms with Crippen molar-refractivity contribution in [3.63, 3.8) is 0 Å².